The lowest BCUT2D eigenvalue weighted by molar-refractivity contribution is 0.300. The number of rotatable bonds is 4. The van der Waals surface area contributed by atoms with Gasteiger partial charge in [-0.05, 0) is 42.5 Å². The topological polar surface area (TPSA) is 61.1 Å². The summed E-state index contributed by atoms with van der Waals surface area (Å²) in [6, 6.07) is 14.4. The summed E-state index contributed by atoms with van der Waals surface area (Å²) in [4.78, 5) is 16.6. The van der Waals surface area contributed by atoms with E-state index in [1.165, 1.54) is 23.3 Å². The molecular weight excluding hydrogens is 419 g/mol. The number of nitrogens with zero attached hydrogens (tertiary/aromatic N) is 3. The number of ether oxygens (including phenoxy) is 1. The molecular formula is C23H22ClFN4O2. The van der Waals surface area contributed by atoms with Gasteiger partial charge < -0.3 is 14.6 Å². The molecule has 1 aromatic carbocycles. The molecule has 8 heteroatoms. The lowest BCUT2D eigenvalue weighted by Crippen LogP contribution is -2.17. The molecule has 0 radical (unpaired) electrons. The van der Waals surface area contributed by atoms with Crippen LogP contribution in [-0.4, -0.2) is 27.2 Å². The first-order chi connectivity index (χ1) is 14.7. The van der Waals surface area contributed by atoms with Gasteiger partial charge in [0.25, 0.3) is 5.56 Å². The summed E-state index contributed by atoms with van der Waals surface area (Å²) in [6.07, 6.45) is 3.85. The van der Waals surface area contributed by atoms with Crippen LogP contribution in [0.25, 0.3) is 16.6 Å². The van der Waals surface area contributed by atoms with E-state index >= 15 is 0 Å². The normalized spacial score (nSPS) is 13.3. The highest BCUT2D eigenvalue weighted by atomic mass is 35.5. The maximum absolute atomic E-state index is 12.9. The number of nitrogens with one attached hydrogen (secondary N) is 1. The van der Waals surface area contributed by atoms with Crippen molar-refractivity contribution in [2.24, 2.45) is 0 Å². The quantitative estimate of drug-likeness (QED) is 0.528. The number of halogens is 2. The molecule has 0 aliphatic carbocycles. The molecule has 1 aliphatic rings. The molecule has 6 nitrogen and oxygen atoms in total. The largest absolute Gasteiger partial charge is 0.487 e. The second-order valence-corrected chi connectivity index (χ2v) is 7.36. The van der Waals surface area contributed by atoms with E-state index in [1.54, 1.807) is 22.9 Å². The molecule has 5 rings (SSSR count). The van der Waals surface area contributed by atoms with E-state index in [2.05, 4.69) is 33.1 Å². The second kappa shape index (κ2) is 8.91. The van der Waals surface area contributed by atoms with Gasteiger partial charge in [-0.25, -0.2) is 4.39 Å². The number of pyridine rings is 2. The molecule has 0 fully saturated rings. The second-order valence-electron chi connectivity index (χ2n) is 7.36. The summed E-state index contributed by atoms with van der Waals surface area (Å²) in [5.41, 5.74) is 3.74. The first kappa shape index (κ1) is 21.1. The molecule has 160 valence electrons. The molecule has 0 saturated heterocycles. The molecule has 0 saturated carbocycles. The van der Waals surface area contributed by atoms with Gasteiger partial charge in [-0.1, -0.05) is 0 Å². The third-order valence-corrected chi connectivity index (χ3v) is 5.39. The van der Waals surface area contributed by atoms with Crippen molar-refractivity contribution in [2.75, 3.05) is 13.1 Å². The number of aromatic nitrogens is 3. The highest BCUT2D eigenvalue weighted by molar-refractivity contribution is 5.85. The first-order valence-corrected chi connectivity index (χ1v) is 9.96. The maximum Gasteiger partial charge on any atom is 0.258 e. The van der Waals surface area contributed by atoms with Crippen LogP contribution in [0.4, 0.5) is 4.39 Å². The standard InChI is InChI=1S/C23H21FN4O2.ClH/c24-17-1-2-18(26-14-17)15-30-21-6-9-28(23(29)13-21)19-3-4-22-16(11-19)12-20-5-7-25-8-10-27(20)22;/h1-4,6,9,11-14,25H,5,7-8,10,15H2;1H. The van der Waals surface area contributed by atoms with Gasteiger partial charge in [0, 0.05) is 60.6 Å². The fourth-order valence-electron chi connectivity index (χ4n) is 3.88. The van der Waals surface area contributed by atoms with Gasteiger partial charge >= 0.3 is 0 Å². The molecule has 4 heterocycles. The van der Waals surface area contributed by atoms with Crippen molar-refractivity contribution in [1.29, 1.82) is 0 Å². The highest BCUT2D eigenvalue weighted by Crippen LogP contribution is 2.24. The Labute approximate surface area is 184 Å². The Morgan fingerprint density at radius 3 is 2.81 bits per heavy atom. The van der Waals surface area contributed by atoms with Crippen molar-refractivity contribution in [1.82, 2.24) is 19.4 Å². The molecule has 0 spiro atoms. The summed E-state index contributed by atoms with van der Waals surface area (Å²) >= 11 is 0. The van der Waals surface area contributed by atoms with Crippen molar-refractivity contribution in [2.45, 2.75) is 19.6 Å². The van der Waals surface area contributed by atoms with Gasteiger partial charge in [-0.3, -0.25) is 14.3 Å². The molecule has 0 unspecified atom stereocenters. The number of benzene rings is 1. The predicted molar refractivity (Wildman–Crippen MR) is 120 cm³/mol. The lowest BCUT2D eigenvalue weighted by Gasteiger charge is -2.10. The third-order valence-electron chi connectivity index (χ3n) is 5.39. The van der Waals surface area contributed by atoms with Gasteiger partial charge in [0.05, 0.1) is 11.9 Å². The highest BCUT2D eigenvalue weighted by Gasteiger charge is 2.12. The average Bonchev–Trinajstić information content (AvgIpc) is 2.93. The summed E-state index contributed by atoms with van der Waals surface area (Å²) in [5, 5.41) is 4.56. The Bertz CT molecular complexity index is 1270. The zero-order valence-corrected chi connectivity index (χ0v) is 17.6. The minimum Gasteiger partial charge on any atom is -0.487 e. The SMILES string of the molecule is Cl.O=c1cc(OCc2ccc(F)cn2)ccn1-c1ccc2c(c1)cc1n2CCNCC1. The first-order valence-electron chi connectivity index (χ1n) is 9.96. The van der Waals surface area contributed by atoms with Gasteiger partial charge in [0.2, 0.25) is 0 Å². The minimum absolute atomic E-state index is 0. The molecule has 0 atom stereocenters. The zero-order chi connectivity index (χ0) is 20.5. The van der Waals surface area contributed by atoms with E-state index < -0.39 is 5.82 Å². The Hall–Kier alpha value is -3.16. The summed E-state index contributed by atoms with van der Waals surface area (Å²) in [7, 11) is 0. The fourth-order valence-corrected chi connectivity index (χ4v) is 3.88. The average molecular weight is 441 g/mol. The van der Waals surface area contributed by atoms with Crippen LogP contribution in [0.5, 0.6) is 5.75 Å². The maximum atomic E-state index is 12.9. The monoisotopic (exact) mass is 440 g/mol. The predicted octanol–water partition coefficient (Wildman–Crippen LogP) is 3.47. The van der Waals surface area contributed by atoms with Gasteiger partial charge in [-0.2, -0.15) is 0 Å². The van der Waals surface area contributed by atoms with E-state index in [-0.39, 0.29) is 24.6 Å². The van der Waals surface area contributed by atoms with Crippen LogP contribution in [0.15, 0.2) is 65.7 Å². The summed E-state index contributed by atoms with van der Waals surface area (Å²) in [6.45, 7) is 3.07. The van der Waals surface area contributed by atoms with Crippen molar-refractivity contribution in [3.63, 3.8) is 0 Å². The number of hydrogen-bond acceptors (Lipinski definition) is 4. The van der Waals surface area contributed by atoms with Crippen LogP contribution in [-0.2, 0) is 19.6 Å². The number of fused-ring (bicyclic) bond motifs is 3. The van der Waals surface area contributed by atoms with E-state index in [1.807, 2.05) is 6.07 Å². The van der Waals surface area contributed by atoms with Crippen molar-refractivity contribution in [3.05, 3.63) is 88.5 Å². The van der Waals surface area contributed by atoms with Crippen LogP contribution in [0, 0.1) is 5.82 Å². The minimum atomic E-state index is -0.394. The lowest BCUT2D eigenvalue weighted by atomic mass is 10.2. The Balaban J connectivity index is 0.00000231. The van der Waals surface area contributed by atoms with Gasteiger partial charge in [-0.15, -0.1) is 12.4 Å². The summed E-state index contributed by atoms with van der Waals surface area (Å²) in [5.74, 6) is 0.0566. The van der Waals surface area contributed by atoms with Crippen molar-refractivity contribution < 1.29 is 9.13 Å². The van der Waals surface area contributed by atoms with E-state index in [0.29, 0.717) is 11.4 Å². The molecule has 3 aromatic heterocycles. The fraction of sp³-hybridized carbons (Fsp3) is 0.217. The molecule has 1 aliphatic heterocycles. The molecule has 31 heavy (non-hydrogen) atoms. The van der Waals surface area contributed by atoms with Crippen LogP contribution in [0.1, 0.15) is 11.4 Å². The van der Waals surface area contributed by atoms with E-state index in [4.69, 9.17) is 4.74 Å². The Morgan fingerprint density at radius 1 is 1.10 bits per heavy atom. The molecule has 4 aromatic rings. The third kappa shape index (κ3) is 4.33. The Morgan fingerprint density at radius 2 is 2.00 bits per heavy atom. The van der Waals surface area contributed by atoms with Crippen LogP contribution in [0.2, 0.25) is 0 Å². The van der Waals surface area contributed by atoms with Crippen molar-refractivity contribution >= 4 is 23.3 Å². The van der Waals surface area contributed by atoms with Crippen molar-refractivity contribution in [3.8, 4) is 11.4 Å². The van der Waals surface area contributed by atoms with Gasteiger partial charge in [0.15, 0.2) is 0 Å². The Kier molecular flexibility index (Phi) is 6.06. The van der Waals surface area contributed by atoms with E-state index in [0.717, 1.165) is 43.3 Å². The molecule has 0 bridgehead atoms. The molecule has 0 amide bonds. The summed E-state index contributed by atoms with van der Waals surface area (Å²) < 4.78 is 22.5. The number of hydrogen-bond donors (Lipinski definition) is 1. The zero-order valence-electron chi connectivity index (χ0n) is 16.8. The van der Waals surface area contributed by atoms with E-state index in [9.17, 15) is 9.18 Å². The molecule has 1 N–H and O–H groups in total. The smallest absolute Gasteiger partial charge is 0.258 e. The van der Waals surface area contributed by atoms with Crippen LogP contribution in [0.3, 0.4) is 0 Å². The van der Waals surface area contributed by atoms with Crippen LogP contribution >= 0.6 is 12.4 Å². The van der Waals surface area contributed by atoms with Crippen LogP contribution < -0.4 is 15.6 Å². The van der Waals surface area contributed by atoms with Gasteiger partial charge in [0.1, 0.15) is 18.2 Å².